The van der Waals surface area contributed by atoms with Crippen LogP contribution in [0.5, 0.6) is 11.5 Å². The number of benzene rings is 3. The summed E-state index contributed by atoms with van der Waals surface area (Å²) in [7, 11) is 5.46. The molecule has 0 spiro atoms. The van der Waals surface area contributed by atoms with Gasteiger partial charge in [0.25, 0.3) is 5.91 Å². The molecule has 2 heterocycles. The van der Waals surface area contributed by atoms with Gasteiger partial charge in [0.05, 0.1) is 17.7 Å². The van der Waals surface area contributed by atoms with Crippen molar-refractivity contribution in [2.24, 2.45) is 0 Å². The molecule has 1 aliphatic heterocycles. The number of hydrogen-bond donors (Lipinski definition) is 2. The Morgan fingerprint density at radius 2 is 1.97 bits per heavy atom. The highest BCUT2D eigenvalue weighted by Gasteiger charge is 2.35. The van der Waals surface area contributed by atoms with Crippen molar-refractivity contribution in [3.63, 3.8) is 0 Å². The summed E-state index contributed by atoms with van der Waals surface area (Å²) in [6.45, 7) is 1.10. The monoisotopic (exact) mass is 537 g/mol. The molecule has 1 aromatic heterocycles. The number of aromatic hydroxyl groups is 1. The number of nitrogens with one attached hydrogen (secondary N) is 1. The smallest absolute Gasteiger partial charge is 0.268 e. The molecule has 1 atom stereocenters. The number of rotatable bonds is 7. The molecule has 192 valence electrons. The molecule has 4 aromatic rings. The van der Waals surface area contributed by atoms with Gasteiger partial charge in [-0.15, -0.1) is 22.9 Å². The third kappa shape index (κ3) is 4.84. The topological polar surface area (TPSA) is 82.1 Å². The normalized spacial score (nSPS) is 14.9. The van der Waals surface area contributed by atoms with Crippen molar-refractivity contribution in [1.82, 2.24) is 4.90 Å². The van der Waals surface area contributed by atoms with Crippen molar-refractivity contribution in [3.05, 3.63) is 59.0 Å². The number of fused-ring (bicyclic) bond motifs is 4. The summed E-state index contributed by atoms with van der Waals surface area (Å²) in [5, 5.41) is 16.1. The highest BCUT2D eigenvalue weighted by atomic mass is 35.5. The van der Waals surface area contributed by atoms with Crippen molar-refractivity contribution < 1.29 is 19.4 Å². The number of alkyl halides is 1. The molecule has 0 fully saturated rings. The van der Waals surface area contributed by atoms with Gasteiger partial charge in [-0.25, -0.2) is 0 Å². The number of phenolic OH excluding ortho intramolecular Hbond substituents is 1. The molecule has 2 amide bonds. The van der Waals surface area contributed by atoms with Gasteiger partial charge in [-0.3, -0.25) is 9.59 Å². The van der Waals surface area contributed by atoms with Crippen molar-refractivity contribution >= 4 is 67.0 Å². The van der Waals surface area contributed by atoms with Crippen LogP contribution >= 0.6 is 22.9 Å². The zero-order valence-corrected chi connectivity index (χ0v) is 22.4. The minimum atomic E-state index is -0.145. The number of ether oxygens (including phenoxy) is 1. The molecule has 0 radical (unpaired) electrons. The lowest BCUT2D eigenvalue weighted by molar-refractivity contribution is -0.116. The quantitative estimate of drug-likeness (QED) is 0.298. The lowest BCUT2D eigenvalue weighted by atomic mass is 9.95. The molecule has 0 saturated heterocycles. The number of carbonyl (C=O) groups excluding carboxylic acids is 2. The minimum absolute atomic E-state index is 0.0518. The molecule has 37 heavy (non-hydrogen) atoms. The van der Waals surface area contributed by atoms with Gasteiger partial charge in [0.15, 0.2) is 0 Å². The fourth-order valence-electron chi connectivity index (χ4n) is 4.81. The highest BCUT2D eigenvalue weighted by molar-refractivity contribution is 7.20. The Labute approximate surface area is 224 Å². The maximum Gasteiger partial charge on any atom is 0.268 e. The summed E-state index contributed by atoms with van der Waals surface area (Å²) in [5.74, 6) is 0.853. The summed E-state index contributed by atoms with van der Waals surface area (Å²) in [4.78, 5) is 30.2. The molecule has 5 rings (SSSR count). The van der Waals surface area contributed by atoms with E-state index in [4.69, 9.17) is 16.3 Å². The lowest BCUT2D eigenvalue weighted by Gasteiger charge is -2.17. The molecule has 9 heteroatoms. The molecule has 2 N–H and O–H groups in total. The van der Waals surface area contributed by atoms with Gasteiger partial charge < -0.3 is 25.0 Å². The molecular weight excluding hydrogens is 510 g/mol. The zero-order chi connectivity index (χ0) is 26.3. The van der Waals surface area contributed by atoms with E-state index in [-0.39, 0.29) is 23.5 Å². The summed E-state index contributed by atoms with van der Waals surface area (Å²) < 4.78 is 6.36. The fraction of sp³-hybridized carbons (Fsp3) is 0.286. The number of thiophene rings is 1. The average Bonchev–Trinajstić information content (AvgIpc) is 3.48. The maximum atomic E-state index is 13.7. The van der Waals surface area contributed by atoms with Crippen molar-refractivity contribution in [2.75, 3.05) is 50.4 Å². The van der Waals surface area contributed by atoms with Crippen LogP contribution in [-0.2, 0) is 4.79 Å². The molecule has 0 bridgehead atoms. The molecule has 0 saturated carbocycles. The second-order valence-electron chi connectivity index (χ2n) is 9.47. The van der Waals surface area contributed by atoms with E-state index in [1.807, 2.05) is 55.4 Å². The Morgan fingerprint density at radius 3 is 2.70 bits per heavy atom. The number of phenols is 1. The largest absolute Gasteiger partial charge is 0.507 e. The van der Waals surface area contributed by atoms with Gasteiger partial charge in [-0.2, -0.15) is 0 Å². The number of hydrogen-bond acceptors (Lipinski definition) is 6. The van der Waals surface area contributed by atoms with Crippen LogP contribution in [0.3, 0.4) is 0 Å². The summed E-state index contributed by atoms with van der Waals surface area (Å²) in [6.07, 6.45) is 0.405. The highest BCUT2D eigenvalue weighted by Crippen LogP contribution is 2.47. The molecule has 1 aliphatic rings. The standard InChI is InChI=1S/C28H28ClN3O4S/c1-31(2)9-8-26(34)30-18-4-7-24-16(10-18)11-25(37-24)28(35)32-15-17(14-29)27-21-12-19(36-3)5-6-20(21)23(33)13-22(27)32/h4-7,10-13,17,33H,8-9,14-15H2,1-3H3,(H,30,34)/t17-/m1/s1. The van der Waals surface area contributed by atoms with E-state index in [0.29, 0.717) is 52.8 Å². The molecule has 3 aromatic carbocycles. The second kappa shape index (κ2) is 10.2. The number of halogens is 1. The van der Waals surface area contributed by atoms with Crippen LogP contribution in [0.4, 0.5) is 11.4 Å². The second-order valence-corrected chi connectivity index (χ2v) is 10.9. The summed E-state index contributed by atoms with van der Waals surface area (Å²) >= 11 is 7.77. The van der Waals surface area contributed by atoms with Crippen molar-refractivity contribution in [2.45, 2.75) is 12.3 Å². The fourth-order valence-corrected chi connectivity index (χ4v) is 6.05. The number of nitrogens with zero attached hydrogens (tertiary/aromatic N) is 2. The van der Waals surface area contributed by atoms with E-state index in [1.54, 1.807) is 24.1 Å². The Balaban J connectivity index is 1.46. The van der Waals surface area contributed by atoms with E-state index >= 15 is 0 Å². The summed E-state index contributed by atoms with van der Waals surface area (Å²) in [5.41, 5.74) is 2.31. The maximum absolute atomic E-state index is 13.7. The first-order valence-corrected chi connectivity index (χ1v) is 13.3. The van der Waals surface area contributed by atoms with E-state index in [9.17, 15) is 14.7 Å². The first kappa shape index (κ1) is 25.3. The van der Waals surface area contributed by atoms with Crippen LogP contribution in [0, 0.1) is 0 Å². The van der Waals surface area contributed by atoms with Crippen molar-refractivity contribution in [1.29, 1.82) is 0 Å². The van der Waals surface area contributed by atoms with Gasteiger partial charge in [-0.1, -0.05) is 0 Å². The Kier molecular flexibility index (Phi) is 6.98. The van der Waals surface area contributed by atoms with Gasteiger partial charge in [0, 0.05) is 53.1 Å². The average molecular weight is 538 g/mol. The van der Waals surface area contributed by atoms with Crippen LogP contribution in [0.1, 0.15) is 27.6 Å². The van der Waals surface area contributed by atoms with E-state index in [0.717, 1.165) is 21.0 Å². The predicted octanol–water partition coefficient (Wildman–Crippen LogP) is 5.64. The molecule has 7 nitrogen and oxygen atoms in total. The van der Waals surface area contributed by atoms with Gasteiger partial charge in [0.2, 0.25) is 5.91 Å². The predicted molar refractivity (Wildman–Crippen MR) is 151 cm³/mol. The van der Waals surface area contributed by atoms with Crippen molar-refractivity contribution in [3.8, 4) is 11.5 Å². The summed E-state index contributed by atoms with van der Waals surface area (Å²) in [6, 6.07) is 14.7. The molecule has 0 aliphatic carbocycles. The zero-order valence-electron chi connectivity index (χ0n) is 20.9. The third-order valence-electron chi connectivity index (χ3n) is 6.67. The Morgan fingerprint density at radius 1 is 1.16 bits per heavy atom. The number of carbonyl (C=O) groups is 2. The minimum Gasteiger partial charge on any atom is -0.507 e. The van der Waals surface area contributed by atoms with E-state index < -0.39 is 0 Å². The SMILES string of the molecule is COc1ccc2c(O)cc3c(c2c1)[C@H](CCl)CN3C(=O)c1cc2cc(NC(=O)CCN(C)C)ccc2s1. The van der Waals surface area contributed by atoms with Crippen LogP contribution in [0.15, 0.2) is 48.5 Å². The van der Waals surface area contributed by atoms with Crippen LogP contribution in [0.2, 0.25) is 0 Å². The van der Waals surface area contributed by atoms with Crippen LogP contribution in [0.25, 0.3) is 20.9 Å². The Bertz CT molecular complexity index is 1520. The van der Waals surface area contributed by atoms with Gasteiger partial charge >= 0.3 is 0 Å². The van der Waals surface area contributed by atoms with Crippen LogP contribution in [-0.4, -0.2) is 62.0 Å². The molecular formula is C28H28ClN3O4S. The van der Waals surface area contributed by atoms with E-state index in [1.165, 1.54) is 11.3 Å². The Hall–Kier alpha value is -3.33. The number of methoxy groups -OCH3 is 1. The van der Waals surface area contributed by atoms with Gasteiger partial charge in [-0.05, 0) is 72.9 Å². The van der Waals surface area contributed by atoms with E-state index in [2.05, 4.69) is 5.32 Å². The first-order valence-electron chi connectivity index (χ1n) is 12.0. The number of anilines is 2. The lowest BCUT2D eigenvalue weighted by Crippen LogP contribution is -2.29. The number of amides is 2. The van der Waals surface area contributed by atoms with Gasteiger partial charge in [0.1, 0.15) is 11.5 Å². The van der Waals surface area contributed by atoms with Crippen LogP contribution < -0.4 is 15.0 Å². The molecule has 0 unspecified atom stereocenters. The first-order chi connectivity index (χ1) is 17.8. The third-order valence-corrected chi connectivity index (χ3v) is 8.15.